The smallest absolute Gasteiger partial charge is 0.339 e. The minimum atomic E-state index is -0.457. The molecule has 2 aromatic heterocycles. The van der Waals surface area contributed by atoms with Gasteiger partial charge in [-0.15, -0.1) is 10.2 Å². The van der Waals surface area contributed by atoms with Gasteiger partial charge in [-0.3, -0.25) is 4.40 Å². The predicted molar refractivity (Wildman–Crippen MR) is 87.5 cm³/mol. The van der Waals surface area contributed by atoms with Gasteiger partial charge in [0.05, 0.1) is 17.7 Å². The third kappa shape index (κ3) is 2.60. The lowest BCUT2D eigenvalue weighted by Gasteiger charge is -2.04. The Labute approximate surface area is 139 Å². The summed E-state index contributed by atoms with van der Waals surface area (Å²) >= 11 is 8.39. The lowest BCUT2D eigenvalue weighted by atomic mass is 10.2. The molecule has 1 aromatic carbocycles. The second-order valence-corrected chi connectivity index (χ2v) is 5.95. The Hall–Kier alpha value is -1.67. The molecule has 0 aliphatic rings. The number of hydrogen-bond acceptors (Lipinski definition) is 4. The molecule has 7 heteroatoms. The highest BCUT2D eigenvalue weighted by Gasteiger charge is 2.15. The number of carbonyl (C=O) groups is 1. The van der Waals surface area contributed by atoms with Crippen molar-refractivity contribution in [3.63, 3.8) is 0 Å². The largest absolute Gasteiger partial charge is 0.465 e. The second-order valence-electron chi connectivity index (χ2n) is 4.30. The molecule has 0 saturated carbocycles. The molecule has 3 aromatic rings. The number of hydrogen-bond donors (Lipinski definition) is 0. The first kappa shape index (κ1) is 14.3. The van der Waals surface area contributed by atoms with Gasteiger partial charge in [-0.2, -0.15) is 0 Å². The summed E-state index contributed by atoms with van der Waals surface area (Å²) in [4.78, 5) is 11.7. The zero-order valence-corrected chi connectivity index (χ0v) is 13.8. The molecule has 0 atom stereocenters. The fraction of sp³-hybridized carbons (Fsp3) is 0.0714. The topological polar surface area (TPSA) is 56.5 Å². The molecule has 0 bridgehead atoms. The average molecular weight is 414 g/mol. The summed E-state index contributed by atoms with van der Waals surface area (Å²) in [5.41, 5.74) is 1.74. The van der Waals surface area contributed by atoms with Gasteiger partial charge in [0.25, 0.3) is 0 Å². The number of esters is 1. The van der Waals surface area contributed by atoms with E-state index in [9.17, 15) is 4.79 Å². The van der Waals surface area contributed by atoms with E-state index in [4.69, 9.17) is 16.3 Å². The number of methoxy groups -OCH3 is 1. The van der Waals surface area contributed by atoms with Crippen LogP contribution in [0.25, 0.3) is 17.0 Å². The lowest BCUT2D eigenvalue weighted by molar-refractivity contribution is 0.0600. The number of aromatic nitrogens is 3. The van der Waals surface area contributed by atoms with Crippen molar-refractivity contribution in [2.24, 2.45) is 0 Å². The van der Waals surface area contributed by atoms with Gasteiger partial charge in [0.1, 0.15) is 0 Å². The number of ether oxygens (including phenoxy) is 1. The Kier molecular flexibility index (Phi) is 3.81. The van der Waals surface area contributed by atoms with E-state index in [1.807, 2.05) is 24.3 Å². The van der Waals surface area contributed by atoms with Gasteiger partial charge in [0, 0.05) is 15.3 Å². The number of halogens is 2. The van der Waals surface area contributed by atoms with Crippen LogP contribution in [-0.4, -0.2) is 27.7 Å². The van der Waals surface area contributed by atoms with Gasteiger partial charge in [0.15, 0.2) is 11.5 Å². The van der Waals surface area contributed by atoms with Crippen LogP contribution in [0.4, 0.5) is 0 Å². The molecule has 2 heterocycles. The maximum atomic E-state index is 11.7. The lowest BCUT2D eigenvalue weighted by Crippen LogP contribution is -2.03. The van der Waals surface area contributed by atoms with E-state index in [-0.39, 0.29) is 0 Å². The number of pyridine rings is 1. The van der Waals surface area contributed by atoms with E-state index < -0.39 is 5.97 Å². The first-order chi connectivity index (χ1) is 10.1. The third-order valence-electron chi connectivity index (χ3n) is 2.96. The Balaban J connectivity index is 2.25. The molecule has 0 saturated heterocycles. The summed E-state index contributed by atoms with van der Waals surface area (Å²) in [6, 6.07) is 9.35. The van der Waals surface area contributed by atoms with Crippen molar-refractivity contribution < 1.29 is 9.53 Å². The maximum Gasteiger partial charge on any atom is 0.339 e. The van der Waals surface area contributed by atoms with E-state index in [0.717, 1.165) is 9.13 Å². The van der Waals surface area contributed by atoms with Crippen LogP contribution in [0.1, 0.15) is 10.4 Å². The van der Waals surface area contributed by atoms with E-state index in [0.29, 0.717) is 22.1 Å². The van der Waals surface area contributed by atoms with Crippen LogP contribution < -0.4 is 0 Å². The minimum absolute atomic E-state index is 0.349. The summed E-state index contributed by atoms with van der Waals surface area (Å²) in [7, 11) is 1.33. The van der Waals surface area contributed by atoms with Crippen LogP contribution in [0.3, 0.4) is 0 Å². The highest BCUT2D eigenvalue weighted by atomic mass is 127. The first-order valence-electron chi connectivity index (χ1n) is 5.98. The van der Waals surface area contributed by atoms with Gasteiger partial charge < -0.3 is 4.74 Å². The van der Waals surface area contributed by atoms with Crippen molar-refractivity contribution in [3.05, 3.63) is 50.7 Å². The highest BCUT2D eigenvalue weighted by Crippen LogP contribution is 2.25. The number of benzene rings is 1. The Morgan fingerprint density at radius 1 is 1.33 bits per heavy atom. The molecule has 5 nitrogen and oxygen atoms in total. The Morgan fingerprint density at radius 2 is 2.14 bits per heavy atom. The molecule has 21 heavy (non-hydrogen) atoms. The summed E-state index contributed by atoms with van der Waals surface area (Å²) in [6.07, 6.45) is 1.63. The monoisotopic (exact) mass is 413 g/mol. The van der Waals surface area contributed by atoms with Crippen LogP contribution in [0.2, 0.25) is 5.02 Å². The molecule has 0 aliphatic carbocycles. The average Bonchev–Trinajstić information content (AvgIpc) is 2.90. The van der Waals surface area contributed by atoms with Crippen molar-refractivity contribution in [1.29, 1.82) is 0 Å². The number of rotatable bonds is 2. The van der Waals surface area contributed by atoms with Crippen LogP contribution >= 0.6 is 34.2 Å². The number of fused-ring (bicyclic) bond motifs is 1. The fourth-order valence-corrected chi connectivity index (χ4v) is 2.80. The van der Waals surface area contributed by atoms with Crippen LogP contribution in [0, 0.1) is 3.57 Å². The van der Waals surface area contributed by atoms with Gasteiger partial charge >= 0.3 is 5.97 Å². The molecule has 106 valence electrons. The normalized spacial score (nSPS) is 10.8. The van der Waals surface area contributed by atoms with Crippen LogP contribution in [0.15, 0.2) is 36.5 Å². The van der Waals surface area contributed by atoms with Crippen molar-refractivity contribution in [2.75, 3.05) is 7.11 Å². The fourth-order valence-electron chi connectivity index (χ4n) is 2.01. The maximum absolute atomic E-state index is 11.7. The summed E-state index contributed by atoms with van der Waals surface area (Å²) < 4.78 is 7.50. The zero-order chi connectivity index (χ0) is 15.0. The minimum Gasteiger partial charge on any atom is -0.465 e. The van der Waals surface area contributed by atoms with E-state index in [1.54, 1.807) is 10.6 Å². The van der Waals surface area contributed by atoms with E-state index in [2.05, 4.69) is 32.8 Å². The van der Waals surface area contributed by atoms with Gasteiger partial charge in [-0.1, -0.05) is 23.7 Å². The Bertz CT molecular complexity index is 847. The quantitative estimate of drug-likeness (QED) is 0.477. The van der Waals surface area contributed by atoms with Crippen molar-refractivity contribution in [2.45, 2.75) is 0 Å². The van der Waals surface area contributed by atoms with E-state index in [1.165, 1.54) is 13.2 Å². The Morgan fingerprint density at radius 3 is 2.86 bits per heavy atom. The first-order valence-corrected chi connectivity index (χ1v) is 7.44. The van der Waals surface area contributed by atoms with Crippen LogP contribution in [0.5, 0.6) is 0 Å². The molecule has 0 radical (unpaired) electrons. The molecule has 0 fully saturated rings. The molecule has 0 amide bonds. The van der Waals surface area contributed by atoms with Crippen LogP contribution in [-0.2, 0) is 4.74 Å². The molecular weight excluding hydrogens is 405 g/mol. The van der Waals surface area contributed by atoms with Gasteiger partial charge in [-0.05, 0) is 40.8 Å². The second kappa shape index (κ2) is 5.61. The molecule has 0 aliphatic heterocycles. The summed E-state index contributed by atoms with van der Waals surface area (Å²) in [5, 5.41) is 8.59. The van der Waals surface area contributed by atoms with Gasteiger partial charge in [0.2, 0.25) is 0 Å². The molecule has 0 spiro atoms. The van der Waals surface area contributed by atoms with Gasteiger partial charge in [-0.25, -0.2) is 4.79 Å². The van der Waals surface area contributed by atoms with Crippen molar-refractivity contribution >= 4 is 45.8 Å². The van der Waals surface area contributed by atoms with Crippen molar-refractivity contribution in [3.8, 4) is 11.4 Å². The number of carbonyl (C=O) groups excluding carboxylic acids is 1. The highest BCUT2D eigenvalue weighted by molar-refractivity contribution is 14.1. The third-order valence-corrected chi connectivity index (χ3v) is 3.91. The molecule has 3 rings (SSSR count). The summed E-state index contributed by atoms with van der Waals surface area (Å²) in [6.45, 7) is 0. The zero-order valence-electron chi connectivity index (χ0n) is 10.9. The molecule has 0 unspecified atom stereocenters. The van der Waals surface area contributed by atoms with Crippen molar-refractivity contribution in [1.82, 2.24) is 14.6 Å². The standard InChI is InChI=1S/C14H9ClIN3O2/c1-21-14(20)9-6-11(15)13-18-17-12(19(13)7-9)8-3-2-4-10(16)5-8/h2-7H,1H3. The SMILES string of the molecule is COC(=O)c1cc(Cl)c2nnc(-c3cccc(I)c3)n2c1. The predicted octanol–water partition coefficient (Wildman–Crippen LogP) is 3.44. The number of nitrogens with zero attached hydrogens (tertiary/aromatic N) is 3. The van der Waals surface area contributed by atoms with E-state index >= 15 is 0 Å². The summed E-state index contributed by atoms with van der Waals surface area (Å²) in [5.74, 6) is 0.164. The molecular formula is C14H9ClIN3O2. The molecule has 0 N–H and O–H groups in total.